The SMILES string of the molecule is C=C(N)/C=C(\O)C(C)C. The second-order valence-corrected chi connectivity index (χ2v) is 2.30. The van der Waals surface area contributed by atoms with E-state index in [0.29, 0.717) is 5.70 Å². The van der Waals surface area contributed by atoms with Crippen molar-refractivity contribution in [1.29, 1.82) is 0 Å². The quantitative estimate of drug-likeness (QED) is 0.436. The highest BCUT2D eigenvalue weighted by Crippen LogP contribution is 2.05. The minimum Gasteiger partial charge on any atom is -0.512 e. The summed E-state index contributed by atoms with van der Waals surface area (Å²) in [6.07, 6.45) is 1.46. The number of nitrogens with two attached hydrogens (primary N) is 1. The van der Waals surface area contributed by atoms with Crippen molar-refractivity contribution in [3.05, 3.63) is 24.1 Å². The third-order valence-corrected chi connectivity index (χ3v) is 0.925. The van der Waals surface area contributed by atoms with Gasteiger partial charge >= 0.3 is 0 Å². The van der Waals surface area contributed by atoms with Crippen LogP contribution < -0.4 is 5.73 Å². The van der Waals surface area contributed by atoms with Crippen molar-refractivity contribution in [3.8, 4) is 0 Å². The van der Waals surface area contributed by atoms with Gasteiger partial charge in [-0.25, -0.2) is 0 Å². The van der Waals surface area contributed by atoms with Crippen molar-refractivity contribution >= 4 is 0 Å². The molecular weight excluding hydrogens is 114 g/mol. The number of hydrogen-bond acceptors (Lipinski definition) is 2. The molecular formula is C7H13NO. The van der Waals surface area contributed by atoms with Crippen molar-refractivity contribution in [1.82, 2.24) is 0 Å². The number of allylic oxidation sites excluding steroid dienone is 2. The molecule has 0 rings (SSSR count). The fraction of sp³-hybridized carbons (Fsp3) is 0.429. The summed E-state index contributed by atoms with van der Waals surface area (Å²) >= 11 is 0. The third kappa shape index (κ3) is 3.64. The monoisotopic (exact) mass is 127 g/mol. The average Bonchev–Trinajstić information content (AvgIpc) is 1.63. The van der Waals surface area contributed by atoms with Crippen LogP contribution >= 0.6 is 0 Å². The van der Waals surface area contributed by atoms with Gasteiger partial charge in [0.05, 0.1) is 5.76 Å². The zero-order valence-electron chi connectivity index (χ0n) is 5.89. The number of rotatable bonds is 2. The molecule has 0 bridgehead atoms. The maximum Gasteiger partial charge on any atom is 0.0968 e. The lowest BCUT2D eigenvalue weighted by Gasteiger charge is -2.01. The van der Waals surface area contributed by atoms with E-state index in [1.165, 1.54) is 6.08 Å². The first kappa shape index (κ1) is 8.08. The Labute approximate surface area is 55.7 Å². The Hall–Kier alpha value is -0.920. The first-order chi connectivity index (χ1) is 4.04. The van der Waals surface area contributed by atoms with E-state index < -0.39 is 0 Å². The highest BCUT2D eigenvalue weighted by Gasteiger charge is 1.97. The molecule has 0 radical (unpaired) electrons. The molecule has 0 aliphatic rings. The second-order valence-electron chi connectivity index (χ2n) is 2.30. The molecule has 0 atom stereocenters. The highest BCUT2D eigenvalue weighted by molar-refractivity contribution is 5.13. The van der Waals surface area contributed by atoms with Gasteiger partial charge in [-0.15, -0.1) is 0 Å². The van der Waals surface area contributed by atoms with Gasteiger partial charge in [-0.2, -0.15) is 0 Å². The molecule has 0 spiro atoms. The van der Waals surface area contributed by atoms with Gasteiger partial charge in [0.15, 0.2) is 0 Å². The van der Waals surface area contributed by atoms with Crippen LogP contribution in [0.25, 0.3) is 0 Å². The molecule has 2 nitrogen and oxygen atoms in total. The lowest BCUT2D eigenvalue weighted by Crippen LogP contribution is -1.97. The molecule has 0 saturated carbocycles. The van der Waals surface area contributed by atoms with E-state index in [2.05, 4.69) is 6.58 Å². The van der Waals surface area contributed by atoms with Crippen molar-refractivity contribution in [2.45, 2.75) is 13.8 Å². The summed E-state index contributed by atoms with van der Waals surface area (Å²) in [6.45, 7) is 7.19. The fourth-order valence-corrected chi connectivity index (χ4v) is 0.357. The van der Waals surface area contributed by atoms with Crippen LogP contribution in [0, 0.1) is 5.92 Å². The predicted molar refractivity (Wildman–Crippen MR) is 38.9 cm³/mol. The Bertz CT molecular complexity index is 136. The summed E-state index contributed by atoms with van der Waals surface area (Å²) in [5.74, 6) is 0.410. The highest BCUT2D eigenvalue weighted by atomic mass is 16.3. The lowest BCUT2D eigenvalue weighted by molar-refractivity contribution is 0.351. The van der Waals surface area contributed by atoms with Crippen LogP contribution in [-0.4, -0.2) is 5.11 Å². The number of aliphatic hydroxyl groups excluding tert-OH is 1. The topological polar surface area (TPSA) is 46.2 Å². The minimum absolute atomic E-state index is 0.130. The molecule has 0 aromatic carbocycles. The van der Waals surface area contributed by atoms with Crippen LogP contribution in [0.15, 0.2) is 24.1 Å². The second kappa shape index (κ2) is 3.17. The zero-order valence-corrected chi connectivity index (χ0v) is 5.89. The molecule has 0 fully saturated rings. The molecule has 0 heterocycles. The number of hydrogen-bond donors (Lipinski definition) is 2. The first-order valence-corrected chi connectivity index (χ1v) is 2.89. The van der Waals surface area contributed by atoms with Crippen molar-refractivity contribution in [2.75, 3.05) is 0 Å². The summed E-state index contributed by atoms with van der Waals surface area (Å²) in [6, 6.07) is 0. The molecule has 9 heavy (non-hydrogen) atoms. The molecule has 52 valence electrons. The molecule has 0 amide bonds. The van der Waals surface area contributed by atoms with Gasteiger partial charge < -0.3 is 10.8 Å². The first-order valence-electron chi connectivity index (χ1n) is 2.89. The van der Waals surface area contributed by atoms with E-state index >= 15 is 0 Å². The fourth-order valence-electron chi connectivity index (χ4n) is 0.357. The van der Waals surface area contributed by atoms with E-state index in [1.54, 1.807) is 0 Å². The molecule has 0 saturated heterocycles. The van der Waals surface area contributed by atoms with Gasteiger partial charge in [-0.05, 0) is 6.08 Å². The summed E-state index contributed by atoms with van der Waals surface area (Å²) in [5.41, 5.74) is 5.59. The Morgan fingerprint density at radius 3 is 2.22 bits per heavy atom. The summed E-state index contributed by atoms with van der Waals surface area (Å²) in [5, 5.41) is 9.02. The molecule has 0 aromatic rings. The van der Waals surface area contributed by atoms with Crippen molar-refractivity contribution < 1.29 is 5.11 Å². The van der Waals surface area contributed by atoms with Crippen molar-refractivity contribution in [2.24, 2.45) is 11.7 Å². The summed E-state index contributed by atoms with van der Waals surface area (Å²) < 4.78 is 0. The normalized spacial score (nSPS) is 12.1. The Morgan fingerprint density at radius 1 is 1.67 bits per heavy atom. The smallest absolute Gasteiger partial charge is 0.0968 e. The Balaban J connectivity index is 4.00. The lowest BCUT2D eigenvalue weighted by atomic mass is 10.1. The van der Waals surface area contributed by atoms with Crippen LogP contribution in [-0.2, 0) is 0 Å². The van der Waals surface area contributed by atoms with Crippen LogP contribution in [0.1, 0.15) is 13.8 Å². The Morgan fingerprint density at radius 2 is 2.11 bits per heavy atom. The van der Waals surface area contributed by atoms with Gasteiger partial charge in [-0.1, -0.05) is 20.4 Å². The van der Waals surface area contributed by atoms with Crippen LogP contribution in [0.3, 0.4) is 0 Å². The molecule has 0 aliphatic carbocycles. The Kier molecular flexibility index (Phi) is 2.85. The molecule has 3 N–H and O–H groups in total. The zero-order chi connectivity index (χ0) is 7.44. The largest absolute Gasteiger partial charge is 0.512 e. The standard InChI is InChI=1S/C7H13NO/c1-5(2)7(9)4-6(3)8/h4-5,9H,3,8H2,1-2H3/b7-4-. The maximum absolute atomic E-state index is 9.02. The minimum atomic E-state index is 0.130. The van der Waals surface area contributed by atoms with Gasteiger partial charge in [0, 0.05) is 11.6 Å². The van der Waals surface area contributed by atoms with Gasteiger partial charge in [0.1, 0.15) is 0 Å². The molecule has 0 unspecified atom stereocenters. The summed E-state index contributed by atoms with van der Waals surface area (Å²) in [4.78, 5) is 0. The van der Waals surface area contributed by atoms with E-state index in [1.807, 2.05) is 13.8 Å². The maximum atomic E-state index is 9.02. The number of aliphatic hydroxyl groups is 1. The van der Waals surface area contributed by atoms with Gasteiger partial charge in [-0.3, -0.25) is 0 Å². The predicted octanol–water partition coefficient (Wildman–Crippen LogP) is 1.56. The van der Waals surface area contributed by atoms with E-state index in [4.69, 9.17) is 10.8 Å². The summed E-state index contributed by atoms with van der Waals surface area (Å²) in [7, 11) is 0. The van der Waals surface area contributed by atoms with Crippen LogP contribution in [0.2, 0.25) is 0 Å². The average molecular weight is 127 g/mol. The van der Waals surface area contributed by atoms with E-state index in [-0.39, 0.29) is 11.7 Å². The van der Waals surface area contributed by atoms with Gasteiger partial charge in [0.25, 0.3) is 0 Å². The molecule has 2 heteroatoms. The third-order valence-electron chi connectivity index (χ3n) is 0.925. The van der Waals surface area contributed by atoms with E-state index in [9.17, 15) is 0 Å². The van der Waals surface area contributed by atoms with Crippen molar-refractivity contribution in [3.63, 3.8) is 0 Å². The molecule has 0 aliphatic heterocycles. The molecule has 0 aromatic heterocycles. The van der Waals surface area contributed by atoms with Gasteiger partial charge in [0.2, 0.25) is 0 Å². The van der Waals surface area contributed by atoms with Crippen LogP contribution in [0.4, 0.5) is 0 Å². The van der Waals surface area contributed by atoms with E-state index in [0.717, 1.165) is 0 Å². The van der Waals surface area contributed by atoms with Crippen LogP contribution in [0.5, 0.6) is 0 Å².